The summed E-state index contributed by atoms with van der Waals surface area (Å²) in [5.74, 6) is 0. The maximum absolute atomic E-state index is 3.54. The molecule has 0 saturated carbocycles. The van der Waals surface area contributed by atoms with Gasteiger partial charge in [-0.05, 0) is 37.4 Å². The van der Waals surface area contributed by atoms with Gasteiger partial charge in [-0.3, -0.25) is 0 Å². The molecule has 2 aliphatic heterocycles. The topological polar surface area (TPSA) is 15.3 Å². The summed E-state index contributed by atoms with van der Waals surface area (Å²) < 4.78 is 0. The molecule has 3 heterocycles. The molecule has 4 heteroatoms. The average molecular weight is 240 g/mol. The molecule has 0 radical (unpaired) electrons. The van der Waals surface area contributed by atoms with Crippen molar-refractivity contribution in [3.05, 3.63) is 11.4 Å². The minimum atomic E-state index is 0.741. The standard InChI is InChI=1S/C11H16N2S2/c1-2-5-13(4-1)8-9-7-12-11-10(15-9)3-6-14-11/h3,6,9,12H,1-2,4-5,7-8H2. The fourth-order valence-electron chi connectivity index (χ4n) is 2.30. The molecule has 0 aromatic carbocycles. The summed E-state index contributed by atoms with van der Waals surface area (Å²) in [5.41, 5.74) is 0. The minimum Gasteiger partial charge on any atom is -0.375 e. The lowest BCUT2D eigenvalue weighted by molar-refractivity contribution is 0.341. The molecule has 3 rings (SSSR count). The van der Waals surface area contributed by atoms with Crippen LogP contribution in [-0.4, -0.2) is 36.3 Å². The molecule has 1 unspecified atom stereocenters. The van der Waals surface area contributed by atoms with Crippen molar-refractivity contribution in [3.8, 4) is 0 Å². The number of likely N-dealkylation sites (tertiary alicyclic amines) is 1. The summed E-state index contributed by atoms with van der Waals surface area (Å²) in [4.78, 5) is 4.06. The van der Waals surface area contributed by atoms with Crippen molar-refractivity contribution >= 4 is 28.1 Å². The molecular formula is C11H16N2S2. The van der Waals surface area contributed by atoms with Gasteiger partial charge in [0.1, 0.15) is 5.00 Å². The SMILES string of the molecule is c1cc2c(s1)NCC(CN1CCCC1)S2. The zero-order valence-corrected chi connectivity index (χ0v) is 10.4. The van der Waals surface area contributed by atoms with Gasteiger partial charge in [0.05, 0.1) is 0 Å². The van der Waals surface area contributed by atoms with Crippen LogP contribution < -0.4 is 5.32 Å². The highest BCUT2D eigenvalue weighted by molar-refractivity contribution is 8.00. The number of nitrogens with zero attached hydrogens (tertiary/aromatic N) is 1. The van der Waals surface area contributed by atoms with Crippen LogP contribution in [0.3, 0.4) is 0 Å². The smallest absolute Gasteiger partial charge is 0.102 e. The number of thiophene rings is 1. The largest absolute Gasteiger partial charge is 0.375 e. The Morgan fingerprint density at radius 3 is 3.13 bits per heavy atom. The molecule has 1 atom stereocenters. The van der Waals surface area contributed by atoms with Gasteiger partial charge in [0.2, 0.25) is 0 Å². The molecule has 15 heavy (non-hydrogen) atoms. The molecule has 0 spiro atoms. The predicted molar refractivity (Wildman–Crippen MR) is 68.1 cm³/mol. The molecule has 2 aliphatic rings. The summed E-state index contributed by atoms with van der Waals surface area (Å²) in [6, 6.07) is 2.24. The van der Waals surface area contributed by atoms with E-state index in [2.05, 4.69) is 33.4 Å². The van der Waals surface area contributed by atoms with E-state index in [9.17, 15) is 0 Å². The van der Waals surface area contributed by atoms with Crippen LogP contribution in [0.2, 0.25) is 0 Å². The predicted octanol–water partition coefficient (Wildman–Crippen LogP) is 2.73. The molecule has 82 valence electrons. The Morgan fingerprint density at radius 1 is 1.40 bits per heavy atom. The van der Waals surface area contributed by atoms with Gasteiger partial charge < -0.3 is 10.2 Å². The molecule has 1 saturated heterocycles. The second-order valence-corrected chi connectivity index (χ2v) is 6.50. The highest BCUT2D eigenvalue weighted by Gasteiger charge is 2.23. The van der Waals surface area contributed by atoms with Crippen molar-refractivity contribution in [1.29, 1.82) is 0 Å². The maximum Gasteiger partial charge on any atom is 0.102 e. The average Bonchev–Trinajstić information content (AvgIpc) is 2.87. The van der Waals surface area contributed by atoms with Crippen molar-refractivity contribution in [2.75, 3.05) is 31.5 Å². The molecular weight excluding hydrogens is 224 g/mol. The van der Waals surface area contributed by atoms with Crippen molar-refractivity contribution < 1.29 is 0 Å². The summed E-state index contributed by atoms with van der Waals surface area (Å²) in [7, 11) is 0. The molecule has 1 fully saturated rings. The van der Waals surface area contributed by atoms with Gasteiger partial charge in [-0.1, -0.05) is 0 Å². The molecule has 0 amide bonds. The minimum absolute atomic E-state index is 0.741. The Hall–Kier alpha value is -0.190. The fourth-order valence-corrected chi connectivity index (χ4v) is 4.50. The van der Waals surface area contributed by atoms with Gasteiger partial charge in [-0.2, -0.15) is 0 Å². The summed E-state index contributed by atoms with van der Waals surface area (Å²) in [6.07, 6.45) is 2.79. The lowest BCUT2D eigenvalue weighted by Crippen LogP contribution is -2.33. The molecule has 1 N–H and O–H groups in total. The van der Waals surface area contributed by atoms with E-state index >= 15 is 0 Å². The van der Waals surface area contributed by atoms with Crippen molar-refractivity contribution in [1.82, 2.24) is 4.90 Å². The van der Waals surface area contributed by atoms with Crippen molar-refractivity contribution in [2.24, 2.45) is 0 Å². The zero-order valence-electron chi connectivity index (χ0n) is 8.74. The van der Waals surface area contributed by atoms with E-state index in [0.29, 0.717) is 0 Å². The highest BCUT2D eigenvalue weighted by atomic mass is 32.2. The van der Waals surface area contributed by atoms with Crippen LogP contribution in [0.15, 0.2) is 16.3 Å². The quantitative estimate of drug-likeness (QED) is 0.855. The van der Waals surface area contributed by atoms with E-state index in [0.717, 1.165) is 11.8 Å². The van der Waals surface area contributed by atoms with Gasteiger partial charge >= 0.3 is 0 Å². The monoisotopic (exact) mass is 240 g/mol. The third-order valence-electron chi connectivity index (χ3n) is 3.07. The molecule has 0 bridgehead atoms. The van der Waals surface area contributed by atoms with Crippen LogP contribution in [0.5, 0.6) is 0 Å². The fraction of sp³-hybridized carbons (Fsp3) is 0.636. The van der Waals surface area contributed by atoms with E-state index in [-0.39, 0.29) is 0 Å². The number of hydrogen-bond acceptors (Lipinski definition) is 4. The zero-order chi connectivity index (χ0) is 10.1. The van der Waals surface area contributed by atoms with Gasteiger partial charge in [-0.15, -0.1) is 23.1 Å². The molecule has 1 aromatic rings. The normalized spacial score (nSPS) is 26.3. The maximum atomic E-state index is 3.54. The Bertz CT molecular complexity index is 331. The van der Waals surface area contributed by atoms with Crippen LogP contribution in [-0.2, 0) is 0 Å². The van der Waals surface area contributed by atoms with Crippen molar-refractivity contribution in [2.45, 2.75) is 23.0 Å². The molecule has 2 nitrogen and oxygen atoms in total. The number of nitrogens with one attached hydrogen (secondary N) is 1. The second kappa shape index (κ2) is 4.36. The van der Waals surface area contributed by atoms with Crippen LogP contribution in [0.25, 0.3) is 0 Å². The van der Waals surface area contributed by atoms with E-state index in [1.165, 1.54) is 42.4 Å². The lowest BCUT2D eigenvalue weighted by Gasteiger charge is -2.27. The molecule has 0 aliphatic carbocycles. The first-order chi connectivity index (χ1) is 7.42. The summed E-state index contributed by atoms with van der Waals surface area (Å²) in [5, 5.41) is 7.83. The highest BCUT2D eigenvalue weighted by Crippen LogP contribution is 2.39. The first-order valence-electron chi connectivity index (χ1n) is 5.62. The summed E-state index contributed by atoms with van der Waals surface area (Å²) in [6.45, 7) is 5.02. The van der Waals surface area contributed by atoms with Crippen LogP contribution >= 0.6 is 23.1 Å². The summed E-state index contributed by atoms with van der Waals surface area (Å²) >= 11 is 3.88. The van der Waals surface area contributed by atoms with E-state index < -0.39 is 0 Å². The van der Waals surface area contributed by atoms with Gasteiger partial charge in [0.15, 0.2) is 0 Å². The third-order valence-corrected chi connectivity index (χ3v) is 5.32. The first-order valence-corrected chi connectivity index (χ1v) is 7.38. The number of rotatable bonds is 2. The molecule has 1 aromatic heterocycles. The Balaban J connectivity index is 1.61. The number of thioether (sulfide) groups is 1. The van der Waals surface area contributed by atoms with Crippen LogP contribution in [0.1, 0.15) is 12.8 Å². The van der Waals surface area contributed by atoms with Crippen LogP contribution in [0.4, 0.5) is 5.00 Å². The van der Waals surface area contributed by atoms with E-state index in [1.54, 1.807) is 0 Å². The Labute approximate surface area is 99.0 Å². The van der Waals surface area contributed by atoms with Crippen LogP contribution in [0, 0.1) is 0 Å². The van der Waals surface area contributed by atoms with Gasteiger partial charge in [-0.25, -0.2) is 0 Å². The third kappa shape index (κ3) is 2.17. The van der Waals surface area contributed by atoms with Gasteiger partial charge in [0.25, 0.3) is 0 Å². The number of fused-ring (bicyclic) bond motifs is 1. The van der Waals surface area contributed by atoms with E-state index in [4.69, 9.17) is 0 Å². The lowest BCUT2D eigenvalue weighted by atomic mass is 10.3. The van der Waals surface area contributed by atoms with Gasteiger partial charge in [0, 0.05) is 23.2 Å². The number of anilines is 1. The first kappa shape index (κ1) is 10.00. The Morgan fingerprint density at radius 2 is 2.27 bits per heavy atom. The number of hydrogen-bond donors (Lipinski definition) is 1. The van der Waals surface area contributed by atoms with E-state index in [1.807, 2.05) is 11.3 Å². The Kier molecular flexibility index (Phi) is 2.90. The van der Waals surface area contributed by atoms with Crippen molar-refractivity contribution in [3.63, 3.8) is 0 Å². The second-order valence-electron chi connectivity index (χ2n) is 4.24.